The lowest BCUT2D eigenvalue weighted by atomic mass is 9.97. The van der Waals surface area contributed by atoms with Crippen LogP contribution >= 0.6 is 0 Å². The molecule has 1 aliphatic heterocycles. The second-order valence-corrected chi connectivity index (χ2v) is 7.24. The summed E-state index contributed by atoms with van der Waals surface area (Å²) in [6, 6.07) is 13.2. The van der Waals surface area contributed by atoms with Crippen molar-refractivity contribution in [3.05, 3.63) is 59.9 Å². The molecule has 9 heteroatoms. The Balaban J connectivity index is 1.39. The van der Waals surface area contributed by atoms with Crippen LogP contribution in [0.15, 0.2) is 48.5 Å². The number of hydrogen-bond acceptors (Lipinski definition) is 3. The molecule has 0 spiro atoms. The number of amides is 2. The van der Waals surface area contributed by atoms with Crippen molar-refractivity contribution in [2.24, 2.45) is 0 Å². The lowest BCUT2D eigenvalue weighted by Gasteiger charge is -2.32. The number of imidazole rings is 1. The topological polar surface area (TPSA) is 70.2 Å². The molecule has 0 bridgehead atoms. The lowest BCUT2D eigenvalue weighted by molar-refractivity contribution is -0.274. The molecule has 4 rings (SSSR count). The Kier molecular flexibility index (Phi) is 5.52. The Morgan fingerprint density at radius 3 is 2.77 bits per heavy atom. The number of carbonyl (C=O) groups excluding carboxylic acids is 1. The van der Waals surface area contributed by atoms with Gasteiger partial charge in [-0.3, -0.25) is 0 Å². The van der Waals surface area contributed by atoms with E-state index < -0.39 is 6.36 Å². The fourth-order valence-electron chi connectivity index (χ4n) is 3.71. The minimum absolute atomic E-state index is 0.0586. The van der Waals surface area contributed by atoms with Crippen molar-refractivity contribution in [3.8, 4) is 5.75 Å². The van der Waals surface area contributed by atoms with Crippen molar-refractivity contribution in [2.75, 3.05) is 13.1 Å². The number of nitrogens with zero attached hydrogens (tertiary/aromatic N) is 2. The van der Waals surface area contributed by atoms with Gasteiger partial charge in [-0.15, -0.1) is 13.2 Å². The third-order valence-electron chi connectivity index (χ3n) is 5.13. The highest BCUT2D eigenvalue weighted by molar-refractivity contribution is 5.75. The smallest absolute Gasteiger partial charge is 0.405 e. The summed E-state index contributed by atoms with van der Waals surface area (Å²) in [5, 5.41) is 2.70. The summed E-state index contributed by atoms with van der Waals surface area (Å²) in [7, 11) is 0. The van der Waals surface area contributed by atoms with Gasteiger partial charge in [-0.1, -0.05) is 30.3 Å². The van der Waals surface area contributed by atoms with Crippen molar-refractivity contribution < 1.29 is 22.7 Å². The van der Waals surface area contributed by atoms with E-state index in [-0.39, 0.29) is 29.8 Å². The first-order valence-electron chi connectivity index (χ1n) is 9.70. The maximum atomic E-state index is 12.6. The Morgan fingerprint density at radius 2 is 1.97 bits per heavy atom. The number of likely N-dealkylation sites (tertiary alicyclic amines) is 1. The Hall–Kier alpha value is -3.23. The van der Waals surface area contributed by atoms with Gasteiger partial charge in [-0.2, -0.15) is 0 Å². The number of alkyl halides is 3. The highest BCUT2D eigenvalue weighted by Crippen LogP contribution is 2.28. The van der Waals surface area contributed by atoms with E-state index >= 15 is 0 Å². The molecular formula is C21H21F3N4O2. The number of aromatic nitrogens is 2. The Morgan fingerprint density at radius 1 is 1.20 bits per heavy atom. The molecule has 2 aromatic carbocycles. The summed E-state index contributed by atoms with van der Waals surface area (Å²) in [5.41, 5.74) is 2.10. The van der Waals surface area contributed by atoms with Crippen molar-refractivity contribution in [3.63, 3.8) is 0 Å². The monoisotopic (exact) mass is 418 g/mol. The van der Waals surface area contributed by atoms with Gasteiger partial charge >= 0.3 is 12.4 Å². The number of urea groups is 1. The van der Waals surface area contributed by atoms with Crippen LogP contribution in [0.3, 0.4) is 0 Å². The average molecular weight is 418 g/mol. The van der Waals surface area contributed by atoms with Crippen molar-refractivity contribution in [1.29, 1.82) is 0 Å². The number of piperidine rings is 1. The average Bonchev–Trinajstić information content (AvgIpc) is 3.16. The van der Waals surface area contributed by atoms with E-state index in [2.05, 4.69) is 20.0 Å². The van der Waals surface area contributed by atoms with Crippen LogP contribution in [0.1, 0.15) is 30.1 Å². The largest absolute Gasteiger partial charge is 0.573 e. The van der Waals surface area contributed by atoms with E-state index in [1.54, 1.807) is 11.0 Å². The lowest BCUT2D eigenvalue weighted by Crippen LogP contribution is -2.44. The van der Waals surface area contributed by atoms with Gasteiger partial charge in [0.25, 0.3) is 0 Å². The van der Waals surface area contributed by atoms with Gasteiger partial charge in [-0.05, 0) is 31.0 Å². The Bertz CT molecular complexity index is 1000. The minimum Gasteiger partial charge on any atom is -0.405 e. The summed E-state index contributed by atoms with van der Waals surface area (Å²) in [6.07, 6.45) is -3.05. The molecular weight excluding hydrogens is 397 g/mol. The van der Waals surface area contributed by atoms with Gasteiger partial charge in [0.1, 0.15) is 11.6 Å². The number of hydrogen-bond donors (Lipinski definition) is 2. The van der Waals surface area contributed by atoms with Crippen LogP contribution in [0.25, 0.3) is 11.0 Å². The molecule has 1 aliphatic rings. The van der Waals surface area contributed by atoms with Crippen LogP contribution in [0, 0.1) is 0 Å². The predicted octanol–water partition coefficient (Wildman–Crippen LogP) is 4.55. The van der Waals surface area contributed by atoms with E-state index in [0.717, 1.165) is 29.7 Å². The summed E-state index contributed by atoms with van der Waals surface area (Å²) in [5.74, 6) is 0.611. The molecule has 158 valence electrons. The van der Waals surface area contributed by atoms with Gasteiger partial charge in [-0.25, -0.2) is 9.78 Å². The first kappa shape index (κ1) is 20.1. The normalized spacial score (nSPS) is 17.2. The number of aromatic amines is 1. The molecule has 0 saturated carbocycles. The van der Waals surface area contributed by atoms with E-state index in [1.807, 2.05) is 24.3 Å². The second kappa shape index (κ2) is 8.25. The third kappa shape index (κ3) is 4.67. The molecule has 2 heterocycles. The molecule has 0 radical (unpaired) electrons. The molecule has 2 amide bonds. The number of carbonyl (C=O) groups is 1. The summed E-state index contributed by atoms with van der Waals surface area (Å²) in [4.78, 5) is 22.3. The number of ether oxygens (including phenoxy) is 1. The minimum atomic E-state index is -4.78. The first-order valence-corrected chi connectivity index (χ1v) is 9.70. The van der Waals surface area contributed by atoms with Gasteiger partial charge in [0.15, 0.2) is 0 Å². The number of H-pyrrole nitrogens is 1. The van der Waals surface area contributed by atoms with E-state index in [1.165, 1.54) is 18.2 Å². The fraction of sp³-hybridized carbons (Fsp3) is 0.333. The quantitative estimate of drug-likeness (QED) is 0.653. The van der Waals surface area contributed by atoms with Crippen LogP contribution in [0.4, 0.5) is 18.0 Å². The number of benzene rings is 2. The summed E-state index contributed by atoms with van der Waals surface area (Å²) in [6.45, 7) is 1.02. The molecule has 2 N–H and O–H groups in total. The number of para-hydroxylation sites is 3. The van der Waals surface area contributed by atoms with Crippen LogP contribution in [0.5, 0.6) is 5.75 Å². The second-order valence-electron chi connectivity index (χ2n) is 7.24. The van der Waals surface area contributed by atoms with Crippen molar-refractivity contribution >= 4 is 17.1 Å². The molecule has 6 nitrogen and oxygen atoms in total. The third-order valence-corrected chi connectivity index (χ3v) is 5.13. The van der Waals surface area contributed by atoms with Gasteiger partial charge in [0, 0.05) is 31.1 Å². The van der Waals surface area contributed by atoms with Crippen LogP contribution in [0.2, 0.25) is 0 Å². The maximum Gasteiger partial charge on any atom is 0.573 e. The van der Waals surface area contributed by atoms with Gasteiger partial charge < -0.3 is 19.9 Å². The SMILES string of the molecule is O=C(NCc1ccccc1OC(F)(F)F)N1CCCC(c2nc3ccccc3[nH]2)C1. The molecule has 1 unspecified atom stereocenters. The van der Waals surface area contributed by atoms with Crippen molar-refractivity contribution in [1.82, 2.24) is 20.2 Å². The van der Waals surface area contributed by atoms with Crippen LogP contribution in [-0.4, -0.2) is 40.4 Å². The Labute approximate surface area is 171 Å². The first-order chi connectivity index (χ1) is 14.4. The summed E-state index contributed by atoms with van der Waals surface area (Å²) >= 11 is 0. The number of rotatable bonds is 4. The molecule has 0 aliphatic carbocycles. The molecule has 1 aromatic heterocycles. The molecule has 1 saturated heterocycles. The fourth-order valence-corrected chi connectivity index (χ4v) is 3.71. The zero-order valence-corrected chi connectivity index (χ0v) is 16.1. The van der Waals surface area contributed by atoms with Crippen LogP contribution < -0.4 is 10.1 Å². The molecule has 30 heavy (non-hydrogen) atoms. The maximum absolute atomic E-state index is 12.6. The van der Waals surface area contributed by atoms with E-state index in [9.17, 15) is 18.0 Å². The zero-order chi connectivity index (χ0) is 21.1. The van der Waals surface area contributed by atoms with Gasteiger partial charge in [0.2, 0.25) is 0 Å². The molecule has 1 fully saturated rings. The highest BCUT2D eigenvalue weighted by Gasteiger charge is 2.32. The zero-order valence-electron chi connectivity index (χ0n) is 16.1. The summed E-state index contributed by atoms with van der Waals surface area (Å²) < 4.78 is 41.7. The highest BCUT2D eigenvalue weighted by atomic mass is 19.4. The van der Waals surface area contributed by atoms with Crippen LogP contribution in [-0.2, 0) is 6.54 Å². The molecule has 3 aromatic rings. The standard InChI is InChI=1S/C21H21F3N4O2/c22-21(23,24)30-18-10-4-1-6-14(18)12-25-20(29)28-11-5-7-15(13-28)19-26-16-8-2-3-9-17(16)27-19/h1-4,6,8-10,15H,5,7,11-13H2,(H,25,29)(H,26,27). The number of fused-ring (bicyclic) bond motifs is 1. The van der Waals surface area contributed by atoms with E-state index in [0.29, 0.717) is 13.1 Å². The van der Waals surface area contributed by atoms with Gasteiger partial charge in [0.05, 0.1) is 11.0 Å². The number of halogens is 3. The molecule has 1 atom stereocenters. The van der Waals surface area contributed by atoms with Crippen molar-refractivity contribution in [2.45, 2.75) is 31.7 Å². The number of nitrogens with one attached hydrogen (secondary N) is 2. The van der Waals surface area contributed by atoms with E-state index in [4.69, 9.17) is 0 Å². The predicted molar refractivity (Wildman–Crippen MR) is 105 cm³/mol.